The fourth-order valence-electron chi connectivity index (χ4n) is 3.31. The molecule has 2 aliphatic rings. The van der Waals surface area contributed by atoms with Crippen molar-refractivity contribution in [3.05, 3.63) is 33.1 Å². The fourth-order valence-corrected chi connectivity index (χ4v) is 3.31. The van der Waals surface area contributed by atoms with Crippen LogP contribution < -0.4 is 16.6 Å². The van der Waals surface area contributed by atoms with Gasteiger partial charge in [-0.15, -0.1) is 0 Å². The summed E-state index contributed by atoms with van der Waals surface area (Å²) in [5, 5.41) is 2.73. The van der Waals surface area contributed by atoms with Crippen molar-refractivity contribution in [3.8, 4) is 0 Å². The summed E-state index contributed by atoms with van der Waals surface area (Å²) in [6.45, 7) is 3.92. The van der Waals surface area contributed by atoms with E-state index in [4.69, 9.17) is 18.9 Å². The number of ether oxygens (including phenoxy) is 4. The average Bonchev–Trinajstić information content (AvgIpc) is 2.88. The van der Waals surface area contributed by atoms with Gasteiger partial charge in [0.15, 0.2) is 5.79 Å². The smallest absolute Gasteiger partial charge is 0.328 e. The van der Waals surface area contributed by atoms with Crippen molar-refractivity contribution in [1.82, 2.24) is 14.9 Å². The Morgan fingerprint density at radius 2 is 2.12 bits per heavy atom. The van der Waals surface area contributed by atoms with Crippen LogP contribution in [-0.2, 0) is 23.7 Å². The summed E-state index contributed by atoms with van der Waals surface area (Å²) in [7, 11) is 1.44. The molecule has 0 unspecified atom stereocenters. The van der Waals surface area contributed by atoms with E-state index in [0.29, 0.717) is 0 Å². The molecule has 1 aromatic heterocycles. The molecule has 3 rings (SSSR count). The maximum absolute atomic E-state index is 12.1. The molecule has 144 valence electrons. The van der Waals surface area contributed by atoms with Crippen molar-refractivity contribution in [2.45, 2.75) is 44.0 Å². The first-order chi connectivity index (χ1) is 12.3. The number of aromatic nitrogens is 2. The van der Waals surface area contributed by atoms with Gasteiger partial charge in [-0.05, 0) is 13.8 Å². The molecular weight excluding hydrogens is 346 g/mol. The van der Waals surface area contributed by atoms with Gasteiger partial charge in [0.25, 0.3) is 5.56 Å². The first kappa shape index (κ1) is 18.8. The number of nitrogens with one attached hydrogen (secondary N) is 2. The Morgan fingerprint density at radius 3 is 2.81 bits per heavy atom. The molecule has 2 N–H and O–H groups in total. The predicted octanol–water partition coefficient (Wildman–Crippen LogP) is -1.24. The second-order valence-electron chi connectivity index (χ2n) is 6.76. The summed E-state index contributed by atoms with van der Waals surface area (Å²) >= 11 is 0. The first-order valence-electron chi connectivity index (χ1n) is 8.35. The number of hydrogen-bond donors (Lipinski definition) is 2. The van der Waals surface area contributed by atoms with E-state index in [1.165, 1.54) is 23.9 Å². The van der Waals surface area contributed by atoms with Crippen LogP contribution in [0.2, 0.25) is 0 Å². The highest BCUT2D eigenvalue weighted by molar-refractivity contribution is 5.77. The molecule has 26 heavy (non-hydrogen) atoms. The van der Waals surface area contributed by atoms with Gasteiger partial charge in [-0.2, -0.15) is 0 Å². The lowest BCUT2D eigenvalue weighted by molar-refractivity contribution is -0.153. The van der Waals surface area contributed by atoms with Gasteiger partial charge in [-0.3, -0.25) is 19.1 Å². The Morgan fingerprint density at radius 1 is 1.38 bits per heavy atom. The van der Waals surface area contributed by atoms with E-state index in [1.54, 1.807) is 13.8 Å². The van der Waals surface area contributed by atoms with Crippen molar-refractivity contribution < 1.29 is 23.7 Å². The van der Waals surface area contributed by atoms with Crippen LogP contribution in [-0.4, -0.2) is 66.4 Å². The van der Waals surface area contributed by atoms with Gasteiger partial charge in [0.2, 0.25) is 5.91 Å². The number of methoxy groups -OCH3 is 1. The molecule has 4 atom stereocenters. The van der Waals surface area contributed by atoms with E-state index >= 15 is 0 Å². The third-order valence-corrected chi connectivity index (χ3v) is 4.37. The highest BCUT2D eigenvalue weighted by Crippen LogP contribution is 2.39. The molecule has 10 nitrogen and oxygen atoms in total. The molecule has 1 amide bonds. The summed E-state index contributed by atoms with van der Waals surface area (Å²) in [6, 6.07) is 0.811. The summed E-state index contributed by atoms with van der Waals surface area (Å²) in [5.41, 5.74) is -1.01. The largest absolute Gasteiger partial charge is 0.375 e. The van der Waals surface area contributed by atoms with Gasteiger partial charge in [-0.1, -0.05) is 0 Å². The molecule has 0 saturated carbocycles. The van der Waals surface area contributed by atoms with E-state index in [-0.39, 0.29) is 25.7 Å². The Hall–Kier alpha value is -2.01. The van der Waals surface area contributed by atoms with Gasteiger partial charge in [-0.25, -0.2) is 4.79 Å². The van der Waals surface area contributed by atoms with Crippen LogP contribution in [0.1, 0.15) is 19.9 Å². The van der Waals surface area contributed by atoms with Crippen molar-refractivity contribution in [3.63, 3.8) is 0 Å². The van der Waals surface area contributed by atoms with Crippen LogP contribution in [0.4, 0.5) is 0 Å². The Kier molecular flexibility index (Phi) is 5.28. The molecule has 0 spiro atoms. The molecule has 10 heteroatoms. The third kappa shape index (κ3) is 3.88. The molecule has 2 fully saturated rings. The van der Waals surface area contributed by atoms with E-state index in [2.05, 4.69) is 10.3 Å². The molecule has 0 bridgehead atoms. The predicted molar refractivity (Wildman–Crippen MR) is 88.8 cm³/mol. The van der Waals surface area contributed by atoms with Gasteiger partial charge in [0.05, 0.1) is 12.6 Å². The maximum atomic E-state index is 12.1. The van der Waals surface area contributed by atoms with Crippen LogP contribution >= 0.6 is 0 Å². The van der Waals surface area contributed by atoms with Gasteiger partial charge >= 0.3 is 5.69 Å². The molecular formula is C16H23N3O7. The fraction of sp³-hybridized carbons (Fsp3) is 0.688. The lowest BCUT2D eigenvalue weighted by atomic mass is 9.97. The average molecular weight is 369 g/mol. The minimum Gasteiger partial charge on any atom is -0.375 e. The number of H-pyrrole nitrogens is 1. The van der Waals surface area contributed by atoms with E-state index in [1.807, 2.05) is 0 Å². The van der Waals surface area contributed by atoms with Crippen LogP contribution in [0, 0.1) is 0 Å². The molecule has 2 saturated heterocycles. The number of carbonyl (C=O) groups excluding carboxylic acids is 1. The minimum atomic E-state index is -0.859. The maximum Gasteiger partial charge on any atom is 0.328 e. The second kappa shape index (κ2) is 7.31. The van der Waals surface area contributed by atoms with E-state index in [0.717, 1.165) is 0 Å². The summed E-state index contributed by atoms with van der Waals surface area (Å²) in [4.78, 5) is 37.3. The number of nitrogens with zero attached hydrogens (tertiary/aromatic N) is 1. The minimum absolute atomic E-state index is 0.0426. The lowest BCUT2D eigenvalue weighted by Gasteiger charge is -2.37. The number of amides is 1. The van der Waals surface area contributed by atoms with Crippen molar-refractivity contribution >= 4 is 5.91 Å². The monoisotopic (exact) mass is 369 g/mol. The molecule has 0 aromatic carbocycles. The van der Waals surface area contributed by atoms with Crippen molar-refractivity contribution in [1.29, 1.82) is 0 Å². The zero-order chi connectivity index (χ0) is 18.9. The van der Waals surface area contributed by atoms with Crippen molar-refractivity contribution in [2.75, 3.05) is 26.9 Å². The van der Waals surface area contributed by atoms with Gasteiger partial charge in [0.1, 0.15) is 24.9 Å². The zero-order valence-electron chi connectivity index (χ0n) is 14.9. The summed E-state index contributed by atoms with van der Waals surface area (Å²) < 4.78 is 24.0. The number of carbonyl (C=O) groups is 1. The Bertz CT molecular complexity index is 772. The number of rotatable bonds is 5. The molecule has 2 aliphatic heterocycles. The molecule has 1 aromatic rings. The Labute approximate surface area is 149 Å². The highest BCUT2D eigenvalue weighted by atomic mass is 16.8. The number of hydrogen-bond acceptors (Lipinski definition) is 7. The first-order valence-corrected chi connectivity index (χ1v) is 8.35. The van der Waals surface area contributed by atoms with Crippen LogP contribution in [0.3, 0.4) is 0 Å². The van der Waals surface area contributed by atoms with Gasteiger partial charge in [0, 0.05) is 25.9 Å². The van der Waals surface area contributed by atoms with E-state index in [9.17, 15) is 14.4 Å². The van der Waals surface area contributed by atoms with Crippen LogP contribution in [0.5, 0.6) is 0 Å². The quantitative estimate of drug-likeness (QED) is 0.666. The number of aromatic amines is 1. The molecule has 0 aliphatic carbocycles. The standard InChI is InChI=1S/C16H23N3O7/c1-16(2)25-13-9(19-5-4-11(20)18-15(19)22)7-24-10(14(13)26-16)6-17-12(21)8-23-3/h4-5,9-10,13-14H,6-8H2,1-3H3,(H,17,21)(H,18,20,22)/t9-,10-,13+,14-/m1/s1. The Balaban J connectivity index is 1.79. The molecule has 0 radical (unpaired) electrons. The van der Waals surface area contributed by atoms with Crippen LogP contribution in [0.15, 0.2) is 21.9 Å². The highest BCUT2D eigenvalue weighted by Gasteiger charge is 2.52. The second-order valence-corrected chi connectivity index (χ2v) is 6.76. The number of fused-ring (bicyclic) bond motifs is 1. The van der Waals surface area contributed by atoms with Gasteiger partial charge < -0.3 is 24.3 Å². The van der Waals surface area contributed by atoms with Crippen LogP contribution in [0.25, 0.3) is 0 Å². The summed E-state index contributed by atoms with van der Waals surface area (Å²) in [6.07, 6.45) is 0.0381. The zero-order valence-corrected chi connectivity index (χ0v) is 14.9. The van der Waals surface area contributed by atoms with Crippen molar-refractivity contribution in [2.24, 2.45) is 0 Å². The summed E-state index contributed by atoms with van der Waals surface area (Å²) in [5.74, 6) is -1.12. The third-order valence-electron chi connectivity index (χ3n) is 4.37. The molecule has 3 heterocycles. The lowest BCUT2D eigenvalue weighted by Crippen LogP contribution is -2.54. The topological polar surface area (TPSA) is 121 Å². The normalized spacial score (nSPS) is 30.0. The SMILES string of the molecule is COCC(=O)NC[C@H]1OC[C@@H](n2ccc(=O)[nH]c2=O)[C@@H]2OC(C)(C)O[C@@H]21. The van der Waals surface area contributed by atoms with E-state index < -0.39 is 41.4 Å².